The van der Waals surface area contributed by atoms with Crippen LogP contribution in [0.15, 0.2) is 0 Å². The monoisotopic (exact) mass is 1050 g/mol. The first-order valence-corrected chi connectivity index (χ1v) is 24.2. The number of carboxylic acid groups (broad SMARTS) is 3. The number of carbonyl (C=O) groups is 6. The Balaban J connectivity index is -0.0000000924. The third-order valence-electron chi connectivity index (χ3n) is 12.9. The zero-order chi connectivity index (χ0) is 57.1. The van der Waals surface area contributed by atoms with Crippen molar-refractivity contribution >= 4 is 55.0 Å². The number of carbonyl (C=O) groups excluding carboxylic acids is 4. The first kappa shape index (κ1) is 83.3. The second kappa shape index (κ2) is 49.2. The number of hydrogen-bond acceptors (Lipinski definition) is 16. The molecule has 0 saturated carbocycles. The van der Waals surface area contributed by atoms with E-state index in [0.717, 1.165) is 6.29 Å². The summed E-state index contributed by atoms with van der Waals surface area (Å²) in [4.78, 5) is 65.8. The number of aliphatic hydroxyl groups is 3. The maximum Gasteiger partial charge on any atom is 1.00 e. The van der Waals surface area contributed by atoms with Gasteiger partial charge in [0, 0.05) is 61.3 Å². The molecule has 2 aliphatic heterocycles. The van der Waals surface area contributed by atoms with Gasteiger partial charge in [-0.2, -0.15) is 0 Å². The van der Waals surface area contributed by atoms with Crippen LogP contribution < -0.4 is 48.6 Å². The van der Waals surface area contributed by atoms with E-state index in [1.165, 1.54) is 13.8 Å². The molecule has 22 atom stereocenters. The summed E-state index contributed by atoms with van der Waals surface area (Å²) in [5, 5.41) is 53.9. The standard InChI is InChI=1S/C7H14NOP.2C7H14O3.2C7H12O2.C6H13NO3.C5H11O2P.C2H6.2Li.H2O/c1-5(6(2)8-4)7(3)9-10;2*1-4(6(3)8)5(2)7(9)10;2*1-4-5(2)7(8)9-6(4)3;1-3(4(2)8)5(7)6(9)10;1-4(3-6)5(2)7-8;1-2;;;/h5-7H,10H2,1-3H3;2*4-6,8H,1-3H3,(H,9,10);2*4-6H,1-3H3;3-5,8H,7H2,1-2H3,(H,9,10);3-5H,8H2,1-2H3;1-2H3;;;1H2/q;;;;;;;;2*+1;/p-2/t5-,6?,7+;4-,5?,6+;4-,5+,6+;4-,5?,6+;4-,5-,6+;3-,4-,5-;4-,5+;;;;/m1111101..../s1/i10T;;;;;;8T;;;;/t5-,6?,7+,10?;;;;;m;4-,5+,8?;;;;. The third kappa shape index (κ3) is 40.3. The molecule has 2 rings (SSSR count). The van der Waals surface area contributed by atoms with Crippen LogP contribution in [0.1, 0.15) is 145 Å². The van der Waals surface area contributed by atoms with E-state index < -0.39 is 60.0 Å². The molecule has 2 heterocycles. The van der Waals surface area contributed by atoms with Gasteiger partial charge in [0.1, 0.15) is 24.5 Å². The van der Waals surface area contributed by atoms with Crippen molar-refractivity contribution in [3.8, 4) is 0 Å². The first-order valence-electron chi connectivity index (χ1n) is 24.3. The van der Waals surface area contributed by atoms with Crippen molar-refractivity contribution in [1.82, 2.24) is 0 Å². The molecule has 0 aromatic rings. The molecule has 0 bridgehead atoms. The van der Waals surface area contributed by atoms with Gasteiger partial charge in [-0.25, -0.2) is 6.57 Å². The Morgan fingerprint density at radius 1 is 0.676 bits per heavy atom. The van der Waals surface area contributed by atoms with Gasteiger partial charge in [-0.15, -0.1) is 0 Å². The number of aliphatic hydroxyl groups excluding tert-OH is 3. The fourth-order valence-electron chi connectivity index (χ4n) is 4.67. The molecule has 0 aromatic carbocycles. The Hall–Kier alpha value is -1.72. The van der Waals surface area contributed by atoms with Crippen molar-refractivity contribution in [3.63, 3.8) is 0 Å². The van der Waals surface area contributed by atoms with E-state index in [-0.39, 0.29) is 140 Å². The summed E-state index contributed by atoms with van der Waals surface area (Å²) < 4.78 is 33.4. The van der Waals surface area contributed by atoms with E-state index >= 15 is 0 Å². The zero-order valence-corrected chi connectivity index (χ0v) is 49.3. The number of cyclic esters (lactones) is 2. The van der Waals surface area contributed by atoms with Gasteiger partial charge in [0.25, 0.3) is 0 Å². The average Bonchev–Trinajstić information content (AvgIpc) is 3.67. The van der Waals surface area contributed by atoms with Crippen molar-refractivity contribution < 1.29 is 121 Å². The van der Waals surface area contributed by atoms with Crippen LogP contribution >= 0.6 is 18.8 Å². The SMILES string of the molecule is CC.CC(C(=O)[O-])[C@@H](C)[C@H](C)O.CC1C(=O)O[C@@H](C)[C@@H]1C.C[C@@H]([C@H](C)O)[C@H](C)C(=O)O.C[C@@H]([C@H](C)O)[C@H](N)C(=O)O.C[C@H]1[C@H](C)OC(=O)[C@@H]1C.[3H]PO[C@@H](C)[C@H](C)C(C)[N+]#[C-].[3H]PO[C@@H](C)[C@H](C)C=O.[Li+].[Li+].[OH-]. The number of nitrogens with zero attached hydrogens (tertiary/aromatic N) is 1. The van der Waals surface area contributed by atoms with Gasteiger partial charge in [-0.3, -0.25) is 19.2 Å². The van der Waals surface area contributed by atoms with Gasteiger partial charge < -0.3 is 74.8 Å². The molecular formula is C48H96Li2N2O17P2. The average molecular weight is 1050 g/mol. The van der Waals surface area contributed by atoms with Gasteiger partial charge in [-0.05, 0) is 60.3 Å². The molecule has 0 radical (unpaired) electrons. The summed E-state index contributed by atoms with van der Waals surface area (Å²) in [5.41, 5.74) is 5.20. The normalized spacial score (nSPS) is 24.6. The van der Waals surface area contributed by atoms with E-state index in [2.05, 4.69) is 4.85 Å². The predicted octanol–water partition coefficient (Wildman–Crippen LogP) is -0.0642. The summed E-state index contributed by atoms with van der Waals surface area (Å²) in [7, 11) is -0.503. The van der Waals surface area contributed by atoms with Crippen LogP contribution in [0.3, 0.4) is 0 Å². The number of rotatable bonds is 17. The fourth-order valence-corrected chi connectivity index (χ4v) is 5.10. The molecule has 0 spiro atoms. The van der Waals surface area contributed by atoms with E-state index in [1.807, 2.05) is 76.2 Å². The quantitative estimate of drug-likeness (QED) is 0.0365. The van der Waals surface area contributed by atoms with Crippen LogP contribution in [0, 0.1) is 71.7 Å². The number of aldehydes is 1. The Morgan fingerprint density at radius 3 is 1.15 bits per heavy atom. The minimum atomic E-state index is -1.10. The minimum absolute atomic E-state index is 0. The summed E-state index contributed by atoms with van der Waals surface area (Å²) >= 11 is 0. The van der Waals surface area contributed by atoms with Crippen molar-refractivity contribution in [2.45, 2.75) is 200 Å². The van der Waals surface area contributed by atoms with Crippen molar-refractivity contribution in [2.75, 3.05) is 0 Å². The topological polar surface area (TPSA) is 324 Å². The van der Waals surface area contributed by atoms with Gasteiger partial charge >= 0.3 is 61.6 Å². The number of hydrogen-bond donors (Lipinski definition) is 6. The Bertz CT molecular complexity index is 1380. The molecule has 0 aromatic heterocycles. The Labute approximate surface area is 459 Å². The molecule has 71 heavy (non-hydrogen) atoms. The van der Waals surface area contributed by atoms with Crippen molar-refractivity contribution in [1.29, 1.82) is 2.56 Å². The molecule has 0 aliphatic carbocycles. The van der Waals surface area contributed by atoms with Crippen molar-refractivity contribution in [3.05, 3.63) is 11.4 Å². The van der Waals surface area contributed by atoms with Gasteiger partial charge in [0.15, 0.2) is 0 Å². The first-order chi connectivity index (χ1) is 32.0. The maximum atomic E-state index is 10.8. The number of aliphatic carboxylic acids is 3. The summed E-state index contributed by atoms with van der Waals surface area (Å²) in [6.45, 7) is 44.7. The minimum Gasteiger partial charge on any atom is -0.870 e. The van der Waals surface area contributed by atoms with Gasteiger partial charge in [0.2, 0.25) is 6.04 Å². The van der Waals surface area contributed by atoms with Crippen molar-refractivity contribution in [2.24, 2.45) is 70.8 Å². The molecule has 2 saturated heterocycles. The summed E-state index contributed by atoms with van der Waals surface area (Å²) in [6.07, 6.45) is -0.830. The summed E-state index contributed by atoms with van der Waals surface area (Å²) in [6, 6.07) is -0.985. The molecule has 19 nitrogen and oxygen atoms in total. The van der Waals surface area contributed by atoms with E-state index in [4.69, 9.17) is 58.9 Å². The molecule has 5 unspecified atom stereocenters. The smallest absolute Gasteiger partial charge is 0.870 e. The van der Waals surface area contributed by atoms with E-state index in [9.17, 15) is 33.9 Å². The number of nitrogens with two attached hydrogens (primary N) is 1. The Morgan fingerprint density at radius 2 is 1.00 bits per heavy atom. The van der Waals surface area contributed by atoms with Crippen LogP contribution in [0.4, 0.5) is 0 Å². The number of esters is 2. The second-order valence-corrected chi connectivity index (χ2v) is 18.3. The molecule has 8 N–H and O–H groups in total. The third-order valence-corrected chi connectivity index (χ3v) is 13.7. The maximum absolute atomic E-state index is 10.8. The predicted molar refractivity (Wildman–Crippen MR) is 271 cm³/mol. The van der Waals surface area contributed by atoms with Gasteiger partial charge in [0.05, 0.1) is 56.7 Å². The fraction of sp³-hybridized carbons (Fsp3) is 0.854. The largest absolute Gasteiger partial charge is 1.00 e. The van der Waals surface area contributed by atoms with Crippen LogP contribution in [-0.2, 0) is 47.3 Å². The van der Waals surface area contributed by atoms with Crippen LogP contribution in [0.5, 0.6) is 0 Å². The number of ether oxygens (including phenoxy) is 2. The van der Waals surface area contributed by atoms with E-state index in [1.54, 1.807) is 55.4 Å². The molecule has 412 valence electrons. The van der Waals surface area contributed by atoms with Gasteiger partial charge in [-0.1, -0.05) is 90.0 Å². The summed E-state index contributed by atoms with van der Waals surface area (Å²) in [5.74, 6) is -3.93. The number of carboxylic acids is 3. The molecule has 2 fully saturated rings. The zero-order valence-electron chi connectivity index (χ0n) is 49.3. The van der Waals surface area contributed by atoms with Crippen LogP contribution in [0.2, 0.25) is 0 Å². The molecular weight excluding hydrogens is 952 g/mol. The second-order valence-electron chi connectivity index (χ2n) is 17.8. The molecule has 2 aliphatic rings. The molecule has 23 heteroatoms. The molecule has 0 amide bonds. The van der Waals surface area contributed by atoms with Crippen LogP contribution in [0.25, 0.3) is 4.85 Å². The Kier molecular flexibility index (Phi) is 57.7. The van der Waals surface area contributed by atoms with Crippen LogP contribution in [-0.4, -0.2) is 125 Å². The van der Waals surface area contributed by atoms with E-state index in [0.29, 0.717) is 11.8 Å².